The van der Waals surface area contributed by atoms with E-state index in [1.807, 2.05) is 0 Å². The molecular formula is C15H27N3. The molecule has 2 rings (SSSR count). The van der Waals surface area contributed by atoms with Crippen molar-refractivity contribution in [3.63, 3.8) is 0 Å². The largest absolute Gasteiger partial charge is 0.313 e. The van der Waals surface area contributed by atoms with Gasteiger partial charge in [0.05, 0.1) is 5.69 Å². The third kappa shape index (κ3) is 3.14. The molecule has 3 nitrogen and oxygen atoms in total. The number of hydrogen-bond donors (Lipinski definition) is 1. The van der Waals surface area contributed by atoms with Gasteiger partial charge in [-0.25, -0.2) is 0 Å². The smallest absolute Gasteiger partial charge is 0.0624 e. The van der Waals surface area contributed by atoms with E-state index in [0.29, 0.717) is 6.04 Å². The van der Waals surface area contributed by atoms with Gasteiger partial charge in [0.2, 0.25) is 0 Å². The van der Waals surface area contributed by atoms with Crippen molar-refractivity contribution >= 4 is 0 Å². The van der Waals surface area contributed by atoms with Gasteiger partial charge in [0.15, 0.2) is 0 Å². The Morgan fingerprint density at radius 2 is 2.22 bits per heavy atom. The van der Waals surface area contributed by atoms with Crippen molar-refractivity contribution in [2.45, 2.75) is 52.5 Å². The zero-order valence-corrected chi connectivity index (χ0v) is 12.2. The summed E-state index contributed by atoms with van der Waals surface area (Å²) in [5.74, 6) is 1.77. The van der Waals surface area contributed by atoms with Gasteiger partial charge in [-0.1, -0.05) is 20.8 Å². The van der Waals surface area contributed by atoms with Gasteiger partial charge in [0, 0.05) is 25.2 Å². The third-order valence-corrected chi connectivity index (χ3v) is 4.16. The van der Waals surface area contributed by atoms with Crippen LogP contribution in [0.4, 0.5) is 0 Å². The minimum Gasteiger partial charge on any atom is -0.313 e. The third-order valence-electron chi connectivity index (χ3n) is 4.16. The van der Waals surface area contributed by atoms with Crippen LogP contribution in [-0.4, -0.2) is 22.4 Å². The van der Waals surface area contributed by atoms with E-state index >= 15 is 0 Å². The lowest BCUT2D eigenvalue weighted by Crippen LogP contribution is -2.34. The zero-order valence-electron chi connectivity index (χ0n) is 12.2. The van der Waals surface area contributed by atoms with Crippen LogP contribution in [0.3, 0.4) is 0 Å². The molecule has 0 amide bonds. The summed E-state index contributed by atoms with van der Waals surface area (Å²) in [6.45, 7) is 7.90. The molecule has 102 valence electrons. The summed E-state index contributed by atoms with van der Waals surface area (Å²) in [5, 5.41) is 8.27. The van der Waals surface area contributed by atoms with Crippen LogP contribution in [0.5, 0.6) is 0 Å². The summed E-state index contributed by atoms with van der Waals surface area (Å²) in [7, 11) is 2.07. The van der Waals surface area contributed by atoms with Crippen molar-refractivity contribution in [1.82, 2.24) is 15.1 Å². The Hall–Kier alpha value is -0.830. The van der Waals surface area contributed by atoms with E-state index in [9.17, 15) is 0 Å². The van der Waals surface area contributed by atoms with Gasteiger partial charge in [-0.05, 0) is 43.7 Å². The molecule has 1 aliphatic carbocycles. The van der Waals surface area contributed by atoms with Gasteiger partial charge >= 0.3 is 0 Å². The number of aromatic nitrogens is 2. The highest BCUT2D eigenvalue weighted by atomic mass is 15.3. The standard InChI is InChI=1S/C15H27N3/c1-5-7-16-15(14-8-11(14)3)10-13-9-12(6-2)17-18(13)4/h9,11,14-16H,5-8,10H2,1-4H3. The van der Waals surface area contributed by atoms with Crippen molar-refractivity contribution in [3.8, 4) is 0 Å². The molecule has 1 aliphatic rings. The van der Waals surface area contributed by atoms with E-state index in [1.165, 1.54) is 24.2 Å². The molecule has 1 fully saturated rings. The van der Waals surface area contributed by atoms with Crippen molar-refractivity contribution in [1.29, 1.82) is 0 Å². The summed E-state index contributed by atoms with van der Waals surface area (Å²) in [6.07, 6.45) is 4.75. The van der Waals surface area contributed by atoms with Crippen LogP contribution in [0.25, 0.3) is 0 Å². The molecule has 1 heterocycles. The summed E-state index contributed by atoms with van der Waals surface area (Å²) in [6, 6.07) is 2.91. The van der Waals surface area contributed by atoms with Gasteiger partial charge in [-0.2, -0.15) is 5.10 Å². The summed E-state index contributed by atoms with van der Waals surface area (Å²) in [5.41, 5.74) is 2.59. The van der Waals surface area contributed by atoms with Crippen LogP contribution in [0.2, 0.25) is 0 Å². The number of aryl methyl sites for hydroxylation is 2. The van der Waals surface area contributed by atoms with Gasteiger partial charge in [-0.15, -0.1) is 0 Å². The molecule has 18 heavy (non-hydrogen) atoms. The summed E-state index contributed by atoms with van der Waals surface area (Å²) < 4.78 is 2.06. The average Bonchev–Trinajstić information content (AvgIpc) is 2.97. The van der Waals surface area contributed by atoms with E-state index in [4.69, 9.17) is 0 Å². The lowest BCUT2D eigenvalue weighted by Gasteiger charge is -2.18. The van der Waals surface area contributed by atoms with Crippen LogP contribution in [0.15, 0.2) is 6.07 Å². The molecule has 0 radical (unpaired) electrons. The maximum Gasteiger partial charge on any atom is 0.0624 e. The van der Waals surface area contributed by atoms with Crippen LogP contribution in [-0.2, 0) is 19.9 Å². The monoisotopic (exact) mass is 249 g/mol. The van der Waals surface area contributed by atoms with Crippen LogP contribution >= 0.6 is 0 Å². The Kier molecular flexibility index (Phi) is 4.44. The Bertz CT molecular complexity index is 383. The Morgan fingerprint density at radius 3 is 2.72 bits per heavy atom. The predicted molar refractivity (Wildman–Crippen MR) is 75.6 cm³/mol. The van der Waals surface area contributed by atoms with Crippen molar-refractivity contribution < 1.29 is 0 Å². The highest BCUT2D eigenvalue weighted by Gasteiger charge is 2.39. The minimum atomic E-state index is 0.639. The van der Waals surface area contributed by atoms with Crippen LogP contribution < -0.4 is 5.32 Å². The van der Waals surface area contributed by atoms with E-state index in [-0.39, 0.29) is 0 Å². The molecule has 0 aliphatic heterocycles. The first kappa shape index (κ1) is 13.6. The first-order valence-corrected chi connectivity index (χ1v) is 7.40. The van der Waals surface area contributed by atoms with Gasteiger partial charge in [0.25, 0.3) is 0 Å². The van der Waals surface area contributed by atoms with Crippen molar-refractivity contribution in [2.24, 2.45) is 18.9 Å². The van der Waals surface area contributed by atoms with Crippen molar-refractivity contribution in [3.05, 3.63) is 17.5 Å². The fraction of sp³-hybridized carbons (Fsp3) is 0.800. The van der Waals surface area contributed by atoms with E-state index < -0.39 is 0 Å². The SMILES string of the molecule is CCCNC(Cc1cc(CC)nn1C)C1CC1C. The first-order chi connectivity index (χ1) is 8.65. The number of hydrogen-bond acceptors (Lipinski definition) is 2. The number of rotatable bonds is 7. The van der Waals surface area contributed by atoms with E-state index in [1.54, 1.807) is 0 Å². The molecule has 1 aromatic heterocycles. The van der Waals surface area contributed by atoms with E-state index in [2.05, 4.69) is 49.0 Å². The fourth-order valence-electron chi connectivity index (χ4n) is 2.78. The second-order valence-corrected chi connectivity index (χ2v) is 5.75. The zero-order chi connectivity index (χ0) is 13.1. The lowest BCUT2D eigenvalue weighted by molar-refractivity contribution is 0.434. The van der Waals surface area contributed by atoms with Crippen LogP contribution in [0, 0.1) is 11.8 Å². The number of nitrogens with one attached hydrogen (secondary N) is 1. The Labute approximate surface area is 111 Å². The highest BCUT2D eigenvalue weighted by Crippen LogP contribution is 2.41. The lowest BCUT2D eigenvalue weighted by atomic mass is 10.0. The maximum absolute atomic E-state index is 4.55. The highest BCUT2D eigenvalue weighted by molar-refractivity contribution is 5.13. The summed E-state index contributed by atoms with van der Waals surface area (Å²) >= 11 is 0. The van der Waals surface area contributed by atoms with Gasteiger partial charge in [-0.3, -0.25) is 4.68 Å². The average molecular weight is 249 g/mol. The maximum atomic E-state index is 4.55. The van der Waals surface area contributed by atoms with Gasteiger partial charge < -0.3 is 5.32 Å². The fourth-order valence-corrected chi connectivity index (χ4v) is 2.78. The van der Waals surface area contributed by atoms with Crippen LogP contribution in [0.1, 0.15) is 45.0 Å². The molecule has 0 saturated heterocycles. The minimum absolute atomic E-state index is 0.639. The molecule has 1 aromatic rings. The van der Waals surface area contributed by atoms with Gasteiger partial charge in [0.1, 0.15) is 0 Å². The first-order valence-electron chi connectivity index (χ1n) is 7.40. The Balaban J connectivity index is 2.00. The quantitative estimate of drug-likeness (QED) is 0.805. The molecular weight excluding hydrogens is 222 g/mol. The molecule has 3 unspecified atom stereocenters. The molecule has 0 bridgehead atoms. The predicted octanol–water partition coefficient (Wildman–Crippen LogP) is 2.55. The Morgan fingerprint density at radius 1 is 1.50 bits per heavy atom. The second kappa shape index (κ2) is 5.87. The molecule has 0 aromatic carbocycles. The summed E-state index contributed by atoms with van der Waals surface area (Å²) in [4.78, 5) is 0. The molecule has 1 N–H and O–H groups in total. The second-order valence-electron chi connectivity index (χ2n) is 5.75. The molecule has 0 spiro atoms. The topological polar surface area (TPSA) is 29.9 Å². The normalized spacial score (nSPS) is 24.2. The molecule has 3 heteroatoms. The number of nitrogens with zero attached hydrogens (tertiary/aromatic N) is 2. The molecule has 1 saturated carbocycles. The van der Waals surface area contributed by atoms with E-state index in [0.717, 1.165) is 31.2 Å². The molecule has 3 atom stereocenters. The van der Waals surface area contributed by atoms with Crippen molar-refractivity contribution in [2.75, 3.05) is 6.54 Å².